The van der Waals surface area contributed by atoms with Gasteiger partial charge in [0.25, 0.3) is 0 Å². The highest BCUT2D eigenvalue weighted by Crippen LogP contribution is 2.23. The van der Waals surface area contributed by atoms with Crippen molar-refractivity contribution in [3.8, 4) is 29.3 Å². The fourth-order valence-electron chi connectivity index (χ4n) is 10.7. The number of pyridine rings is 8. The molecule has 0 radical (unpaired) electrons. The van der Waals surface area contributed by atoms with Crippen molar-refractivity contribution in [2.24, 2.45) is 43.3 Å². The maximum absolute atomic E-state index is 12.0. The second kappa shape index (κ2) is 59.3. The third kappa shape index (κ3) is 53.2. The Balaban J connectivity index is 0.000000761. The van der Waals surface area contributed by atoms with Crippen LogP contribution in [0.25, 0.3) is 0 Å². The summed E-state index contributed by atoms with van der Waals surface area (Å²) in [6.07, 6.45) is 25.5. The van der Waals surface area contributed by atoms with Gasteiger partial charge in [0.2, 0.25) is 76.3 Å². The van der Waals surface area contributed by atoms with Crippen LogP contribution >= 0.6 is 0 Å². The predicted molar refractivity (Wildman–Crippen MR) is 528 cm³/mol. The van der Waals surface area contributed by atoms with Crippen LogP contribution in [0.3, 0.4) is 0 Å². The van der Waals surface area contributed by atoms with E-state index in [-0.39, 0.29) is 96.1 Å². The Morgan fingerprint density at radius 2 is 0.617 bits per heavy atom. The highest BCUT2D eigenvalue weighted by molar-refractivity contribution is 5.84. The summed E-state index contributed by atoms with van der Waals surface area (Å²) in [5.74, 6) is 3.96. The topological polar surface area (TPSA) is 384 Å². The van der Waals surface area contributed by atoms with Gasteiger partial charge < -0.3 is 70.4 Å². The summed E-state index contributed by atoms with van der Waals surface area (Å²) in [6.45, 7) is 51.0. The smallest absolute Gasteiger partial charge is 0.247 e. The summed E-state index contributed by atoms with van der Waals surface area (Å²) in [4.78, 5) is 139. The lowest BCUT2D eigenvalue weighted by Gasteiger charge is -2.26. The van der Waals surface area contributed by atoms with E-state index in [1.807, 2.05) is 265 Å². The third-order valence-electron chi connectivity index (χ3n) is 19.1. The van der Waals surface area contributed by atoms with Crippen LogP contribution in [0, 0.1) is 43.3 Å². The van der Waals surface area contributed by atoms with Crippen LogP contribution in [0.15, 0.2) is 164 Å². The molecule has 0 saturated carbocycles. The van der Waals surface area contributed by atoms with Gasteiger partial charge in [0.15, 0.2) is 0 Å². The summed E-state index contributed by atoms with van der Waals surface area (Å²) in [7, 11) is 11.7. The summed E-state index contributed by atoms with van der Waals surface area (Å²) < 4.78 is 25.3. The Hall–Kier alpha value is -12.2. The van der Waals surface area contributed by atoms with E-state index in [4.69, 9.17) is 23.7 Å². The largest absolute Gasteiger partial charge is 0.496 e. The number of carbonyl (C=O) groups is 8. The number of rotatable bonds is 29. The first-order valence-electron chi connectivity index (χ1n) is 45.0. The molecule has 8 amide bonds. The Morgan fingerprint density at radius 3 is 0.947 bits per heavy atom. The number of hydrogen-bond acceptors (Lipinski definition) is 21. The molecular weight excluding hydrogens is 1690 g/mol. The number of nitrogens with zero attached hydrogens (tertiary/aromatic N) is 9. The highest BCUT2D eigenvalue weighted by Gasteiger charge is 2.28. The highest BCUT2D eigenvalue weighted by atomic mass is 16.5. The van der Waals surface area contributed by atoms with Gasteiger partial charge in [-0.1, -0.05) is 190 Å². The molecule has 30 nitrogen and oxygen atoms in total. The average molecular weight is 1840 g/mol. The average Bonchev–Trinajstić information content (AvgIpc) is 0.880. The molecule has 0 aromatic carbocycles. The van der Waals surface area contributed by atoms with Crippen LogP contribution < -0.4 is 61.1 Å². The zero-order valence-electron chi connectivity index (χ0n) is 85.6. The molecule has 8 aromatic heterocycles. The second-order valence-electron chi connectivity index (χ2n) is 39.8. The zero-order chi connectivity index (χ0) is 101. The molecule has 8 aromatic rings. The minimum Gasteiger partial charge on any atom is -0.496 e. The molecule has 0 saturated heterocycles. The van der Waals surface area contributed by atoms with Gasteiger partial charge in [0.1, 0.15) is 5.75 Å². The molecule has 8 rings (SSSR count). The van der Waals surface area contributed by atoms with Gasteiger partial charge >= 0.3 is 0 Å². The van der Waals surface area contributed by atoms with Gasteiger partial charge in [-0.15, -0.1) is 0 Å². The van der Waals surface area contributed by atoms with Gasteiger partial charge in [-0.05, 0) is 127 Å². The number of nitrogens with one attached hydrogen (secondary N) is 7. The Kier molecular flexibility index (Phi) is 53.0. The van der Waals surface area contributed by atoms with Gasteiger partial charge in [0.05, 0.1) is 35.5 Å². The molecule has 0 bridgehead atoms. The number of aromatic amines is 1. The van der Waals surface area contributed by atoms with Crippen molar-refractivity contribution in [2.45, 2.75) is 218 Å². The SMILES string of the molecule is CC(C)(C)C(=O)NCCc1ccc(=O)[nH]c1.CC(C)(C)C(=O)NCCc1cccnc1.CC(C)(C)C(=O)NCCc1ccncc1.COc1cc(CCN(C)C(=O)C(C)(C)C)ccn1.COc1cc(CCNC(=O)C(C)(C)C)ccn1.COc1ccc(CCN(C)C(=O)C(C)(C)C)cn1.COc1ccc(CCNC(=O)C(C)(C)C)cn1.COc1ccncc1CCNC(=O)C(C)(C)C. The van der Waals surface area contributed by atoms with E-state index in [0.29, 0.717) is 75.9 Å². The number of amides is 8. The standard InChI is InChI=1S/2C14H22N2O2.3C13H20N2O2.C12H18N2O2.2C12H18N2O/c1-14(2,3)13(17)16(4)9-7-11-6-8-15-12(10-11)18-5;1-14(2,3)13(17)16(4)9-8-11-6-7-12(18-5)15-10-11;1-13(2,3)12(16)15-8-5-10-9-14-7-6-11(10)17-4;1-13(2,3)12(16)15-8-6-10-5-7-14-11(9-10)17-4;1-13(2,3)12(16)14-8-7-10-5-6-11(17-4)15-9-10;1-12(2,3)11(16)13-7-6-9-4-5-10(15)14-8-9;1-12(2,3)11(15)14-9-6-10-4-7-13-8-5-10;1-12(2,3)11(15)14-8-6-10-5-4-7-13-9-10/h6,8,10H,7,9H2,1-5H3;6-7,10H,8-9H2,1-5H3;6-7,9H,5,8H2,1-4H3,(H,15,16);5,7,9H,6,8H2,1-4H3,(H,15,16);5-6,9H,7-8H2,1-4H3,(H,14,16);4-5,8H,6-7H2,1-3H3,(H,13,16)(H,14,15);4-5,7-8H,6,9H2,1-3H3,(H,14,15);4-5,7,9H,6,8H2,1-3H3,(H,14,15). The molecule has 0 atom stereocenters. The molecule has 0 unspecified atom stereocenters. The van der Waals surface area contributed by atoms with Gasteiger partial charge in [-0.3, -0.25) is 58.1 Å². The summed E-state index contributed by atoms with van der Waals surface area (Å²) in [5, 5.41) is 17.4. The number of hydrogen-bond donors (Lipinski definition) is 7. The quantitative estimate of drug-likeness (QED) is 0.0229. The zero-order valence-corrected chi connectivity index (χ0v) is 85.6. The molecule has 30 heteroatoms. The van der Waals surface area contributed by atoms with E-state index in [1.165, 1.54) is 11.6 Å². The number of methoxy groups -OCH3 is 5. The molecule has 0 spiro atoms. The first-order valence-corrected chi connectivity index (χ1v) is 45.0. The van der Waals surface area contributed by atoms with Crippen molar-refractivity contribution in [3.05, 3.63) is 214 Å². The molecule has 133 heavy (non-hydrogen) atoms. The van der Waals surface area contributed by atoms with Crippen molar-refractivity contribution in [3.63, 3.8) is 0 Å². The molecule has 7 N–H and O–H groups in total. The van der Waals surface area contributed by atoms with Gasteiger partial charge in [-0.2, -0.15) is 0 Å². The summed E-state index contributed by atoms with van der Waals surface area (Å²) >= 11 is 0. The Bertz CT molecular complexity index is 4700. The number of H-pyrrole nitrogens is 1. The molecule has 0 aliphatic rings. The molecule has 734 valence electrons. The Morgan fingerprint density at radius 1 is 0.301 bits per heavy atom. The number of aromatic nitrogens is 8. The first-order chi connectivity index (χ1) is 61.9. The normalized spacial score (nSPS) is 11.1. The second-order valence-corrected chi connectivity index (χ2v) is 39.8. The fourth-order valence-corrected chi connectivity index (χ4v) is 10.7. The van der Waals surface area contributed by atoms with Crippen molar-refractivity contribution >= 4 is 47.3 Å². The van der Waals surface area contributed by atoms with E-state index in [2.05, 4.69) is 71.8 Å². The monoisotopic (exact) mass is 1840 g/mol. The van der Waals surface area contributed by atoms with Crippen molar-refractivity contribution in [1.82, 2.24) is 81.6 Å². The fraction of sp³-hybridized carbons (Fsp3) is 0.534. The van der Waals surface area contributed by atoms with Crippen LogP contribution in [-0.4, -0.2) is 199 Å². The number of likely N-dealkylation sites (N-methyl/N-ethyl adjacent to an activating group) is 2. The number of carbonyl (C=O) groups excluding carboxylic acids is 8. The molecule has 8 heterocycles. The maximum Gasteiger partial charge on any atom is 0.247 e. The lowest BCUT2D eigenvalue weighted by molar-refractivity contribution is -0.138. The predicted octanol–water partition coefficient (Wildman–Crippen LogP) is 14.3. The minimum absolute atomic E-state index is 0.0388. The van der Waals surface area contributed by atoms with Gasteiger partial charge in [0, 0.05) is 214 Å². The summed E-state index contributed by atoms with van der Waals surface area (Å²) in [5.41, 5.74) is 6.00. The van der Waals surface area contributed by atoms with Crippen LogP contribution in [-0.2, 0) is 89.7 Å². The van der Waals surface area contributed by atoms with E-state index in [0.717, 1.165) is 96.1 Å². The maximum atomic E-state index is 12.0. The van der Waals surface area contributed by atoms with E-state index in [1.54, 1.807) is 113 Å². The van der Waals surface area contributed by atoms with Crippen LogP contribution in [0.1, 0.15) is 211 Å². The van der Waals surface area contributed by atoms with Crippen LogP contribution in [0.5, 0.6) is 29.3 Å². The van der Waals surface area contributed by atoms with Crippen molar-refractivity contribution < 1.29 is 62.0 Å². The molecular formula is C103H158N16O14. The van der Waals surface area contributed by atoms with Gasteiger partial charge in [-0.25, -0.2) is 19.9 Å². The number of ether oxygens (including phenoxy) is 5. The van der Waals surface area contributed by atoms with Crippen LogP contribution in [0.4, 0.5) is 0 Å². The lowest BCUT2D eigenvalue weighted by atomic mass is 9.95. The van der Waals surface area contributed by atoms with E-state index in [9.17, 15) is 43.2 Å². The molecule has 0 fully saturated rings. The lowest BCUT2D eigenvalue weighted by Crippen LogP contribution is -2.37. The van der Waals surface area contributed by atoms with Crippen molar-refractivity contribution in [1.29, 1.82) is 0 Å². The van der Waals surface area contributed by atoms with Crippen LogP contribution in [0.2, 0.25) is 0 Å². The summed E-state index contributed by atoms with van der Waals surface area (Å²) in [6, 6.07) is 28.1. The third-order valence-corrected chi connectivity index (χ3v) is 19.1. The molecule has 0 aliphatic carbocycles. The van der Waals surface area contributed by atoms with E-state index < -0.39 is 0 Å². The van der Waals surface area contributed by atoms with Crippen molar-refractivity contribution in [2.75, 3.05) is 102 Å². The van der Waals surface area contributed by atoms with E-state index >= 15 is 0 Å². The minimum atomic E-state index is -0.356. The first kappa shape index (κ1) is 119. The Labute approximate surface area is 792 Å². The molecule has 0 aliphatic heterocycles.